The number of esters is 2. The van der Waals surface area contributed by atoms with Gasteiger partial charge >= 0.3 is 11.9 Å². The summed E-state index contributed by atoms with van der Waals surface area (Å²) in [7, 11) is 1.38. The maximum absolute atomic E-state index is 13.3. The van der Waals surface area contributed by atoms with Crippen LogP contribution in [0.2, 0.25) is 0 Å². The first kappa shape index (κ1) is 36.1. The standard InChI is InChI=1S/C38H57NO7/c1-28-18-19-29(2)35(16-9-6-4-5-7-10-17-36(40)39-20-11-8-12-21-39)46-38(42)27-34-24-30(25-37(41)43-3)23-33(45-34)26-32-15-13-14-31(22-28)44-32/h4,6,9,16,18-19,25,28-29,31-35H,5,7-8,10-15,17,20-24,26-27H2,1-3H3/b6-4-,16-9+,19-18+,30-25-. The fourth-order valence-corrected chi connectivity index (χ4v) is 7.12. The third kappa shape index (κ3) is 12.5. The molecule has 0 N–H and O–H groups in total. The van der Waals surface area contributed by atoms with Crippen molar-refractivity contribution >= 4 is 17.8 Å². The van der Waals surface area contributed by atoms with Crippen LogP contribution in [0.1, 0.15) is 110 Å². The number of nitrogens with zero attached hydrogens (tertiary/aromatic N) is 1. The highest BCUT2D eigenvalue weighted by molar-refractivity contribution is 5.82. The first-order chi connectivity index (χ1) is 22.3. The fraction of sp³-hybridized carbons (Fsp3) is 0.711. The summed E-state index contributed by atoms with van der Waals surface area (Å²) in [6.45, 7) is 6.13. The van der Waals surface area contributed by atoms with Crippen molar-refractivity contribution < 1.29 is 33.3 Å². The molecule has 3 fully saturated rings. The summed E-state index contributed by atoms with van der Waals surface area (Å²) in [4.78, 5) is 39.8. The highest BCUT2D eigenvalue weighted by Gasteiger charge is 2.33. The lowest BCUT2D eigenvalue weighted by Gasteiger charge is -2.37. The molecule has 3 saturated heterocycles. The zero-order valence-electron chi connectivity index (χ0n) is 28.4. The lowest BCUT2D eigenvalue weighted by molar-refractivity contribution is -0.154. The number of allylic oxidation sites excluding steroid dienone is 4. The maximum Gasteiger partial charge on any atom is 0.330 e. The monoisotopic (exact) mass is 639 g/mol. The van der Waals surface area contributed by atoms with Crippen LogP contribution in [0.5, 0.6) is 0 Å². The molecule has 0 spiro atoms. The molecule has 0 aromatic heterocycles. The van der Waals surface area contributed by atoms with Gasteiger partial charge in [0.2, 0.25) is 5.91 Å². The number of rotatable bonds is 8. The van der Waals surface area contributed by atoms with Gasteiger partial charge in [0.05, 0.1) is 37.9 Å². The van der Waals surface area contributed by atoms with Gasteiger partial charge in [-0.15, -0.1) is 0 Å². The predicted molar refractivity (Wildman–Crippen MR) is 179 cm³/mol. The van der Waals surface area contributed by atoms with Crippen LogP contribution in [-0.4, -0.2) is 73.5 Å². The van der Waals surface area contributed by atoms with Gasteiger partial charge < -0.3 is 23.8 Å². The van der Waals surface area contributed by atoms with Gasteiger partial charge in [-0.3, -0.25) is 9.59 Å². The molecular formula is C38H57NO7. The van der Waals surface area contributed by atoms with Crippen LogP contribution in [0.25, 0.3) is 0 Å². The number of hydrogen-bond acceptors (Lipinski definition) is 7. The van der Waals surface area contributed by atoms with Crippen molar-refractivity contribution in [2.75, 3.05) is 20.2 Å². The lowest BCUT2D eigenvalue weighted by atomic mass is 9.89. The van der Waals surface area contributed by atoms with E-state index in [1.807, 2.05) is 23.1 Å². The van der Waals surface area contributed by atoms with Gasteiger partial charge in [-0.1, -0.05) is 49.8 Å². The van der Waals surface area contributed by atoms with Crippen LogP contribution in [0, 0.1) is 11.8 Å². The van der Waals surface area contributed by atoms with Crippen molar-refractivity contribution in [2.45, 2.75) is 141 Å². The van der Waals surface area contributed by atoms with E-state index in [1.54, 1.807) is 6.08 Å². The molecule has 4 heterocycles. The molecule has 0 aromatic rings. The number of hydrogen-bond donors (Lipinski definition) is 0. The van der Waals surface area contributed by atoms with Crippen molar-refractivity contribution in [2.24, 2.45) is 11.8 Å². The minimum absolute atomic E-state index is 0.0143. The quantitative estimate of drug-likeness (QED) is 0.0914. The Labute approximate surface area is 276 Å². The van der Waals surface area contributed by atoms with E-state index in [4.69, 9.17) is 18.9 Å². The summed E-state index contributed by atoms with van der Waals surface area (Å²) >= 11 is 0. The largest absolute Gasteiger partial charge is 0.466 e. The van der Waals surface area contributed by atoms with E-state index >= 15 is 0 Å². The van der Waals surface area contributed by atoms with Crippen LogP contribution in [0.3, 0.4) is 0 Å². The number of cyclic esters (lactones) is 1. The zero-order chi connectivity index (χ0) is 32.7. The van der Waals surface area contributed by atoms with Gasteiger partial charge in [0.15, 0.2) is 0 Å². The van der Waals surface area contributed by atoms with Crippen LogP contribution >= 0.6 is 0 Å². The van der Waals surface area contributed by atoms with E-state index in [1.165, 1.54) is 13.5 Å². The van der Waals surface area contributed by atoms with Gasteiger partial charge in [0.25, 0.3) is 0 Å². The summed E-state index contributed by atoms with van der Waals surface area (Å²) in [5, 5.41) is 0. The van der Waals surface area contributed by atoms with E-state index in [0.717, 1.165) is 82.9 Å². The second-order valence-corrected chi connectivity index (χ2v) is 13.8. The van der Waals surface area contributed by atoms with E-state index in [-0.39, 0.29) is 48.7 Å². The Balaban J connectivity index is 1.37. The molecule has 256 valence electrons. The van der Waals surface area contributed by atoms with Crippen LogP contribution in [-0.2, 0) is 33.3 Å². The van der Waals surface area contributed by atoms with Gasteiger partial charge in [-0.2, -0.15) is 0 Å². The first-order valence-electron chi connectivity index (χ1n) is 17.9. The molecule has 46 heavy (non-hydrogen) atoms. The number of carbonyl (C=O) groups is 3. The average Bonchev–Trinajstić information content (AvgIpc) is 3.04. The average molecular weight is 640 g/mol. The van der Waals surface area contributed by atoms with Crippen LogP contribution in [0.4, 0.5) is 0 Å². The Hall–Kier alpha value is -2.71. The highest BCUT2D eigenvalue weighted by atomic mass is 16.6. The summed E-state index contributed by atoms with van der Waals surface area (Å²) < 4.78 is 23.9. The molecule has 7 unspecified atom stereocenters. The Kier molecular flexibility index (Phi) is 15.1. The van der Waals surface area contributed by atoms with Crippen LogP contribution in [0.15, 0.2) is 48.1 Å². The molecule has 8 nitrogen and oxygen atoms in total. The Bertz CT molecular complexity index is 1100. The normalized spacial score (nSPS) is 33.2. The van der Waals surface area contributed by atoms with E-state index in [9.17, 15) is 14.4 Å². The SMILES string of the molecule is COC(=O)/C=C1\CC2CC(=O)OC(/C=C/C=C\CCCCC(=O)N3CCCCC3)C(C)/C=C/C(C)CC3CCCC(CC(C1)O2)O3. The number of unbranched alkanes of at least 4 members (excludes halogenated alkanes) is 2. The number of likely N-dealkylation sites (tertiary alicyclic amines) is 1. The lowest BCUT2D eigenvalue weighted by Crippen LogP contribution is -2.37. The van der Waals surface area contributed by atoms with Crippen LogP contribution < -0.4 is 0 Å². The number of fused-ring (bicyclic) bond motifs is 4. The van der Waals surface area contributed by atoms with Crippen molar-refractivity contribution in [3.8, 4) is 0 Å². The fourth-order valence-electron chi connectivity index (χ4n) is 7.12. The molecule has 4 bridgehead atoms. The van der Waals surface area contributed by atoms with Gasteiger partial charge in [0.1, 0.15) is 6.10 Å². The number of piperidine rings is 1. The third-order valence-corrected chi connectivity index (χ3v) is 9.68. The summed E-state index contributed by atoms with van der Waals surface area (Å²) in [5.41, 5.74) is 0.941. The number of ether oxygens (including phenoxy) is 4. The molecule has 0 aliphatic carbocycles. The number of methoxy groups -OCH3 is 1. The van der Waals surface area contributed by atoms with Gasteiger partial charge in [-0.25, -0.2) is 4.79 Å². The van der Waals surface area contributed by atoms with Crippen molar-refractivity contribution in [3.63, 3.8) is 0 Å². The van der Waals surface area contributed by atoms with Gasteiger partial charge in [-0.05, 0) is 89.0 Å². The molecule has 7 atom stereocenters. The number of carbonyl (C=O) groups excluding carboxylic acids is 3. The molecule has 1 amide bonds. The zero-order valence-corrected chi connectivity index (χ0v) is 28.4. The number of amides is 1. The molecule has 0 saturated carbocycles. The molecule has 4 aliphatic rings. The topological polar surface area (TPSA) is 91.4 Å². The molecule has 4 rings (SSSR count). The Morgan fingerprint density at radius 2 is 1.63 bits per heavy atom. The second kappa shape index (κ2) is 19.2. The minimum atomic E-state index is -0.421. The summed E-state index contributed by atoms with van der Waals surface area (Å²) in [6, 6.07) is 0. The summed E-state index contributed by atoms with van der Waals surface area (Å²) in [6.07, 6.45) is 26.4. The molecule has 8 heteroatoms. The predicted octanol–water partition coefficient (Wildman–Crippen LogP) is 7.18. The van der Waals surface area contributed by atoms with Crippen molar-refractivity contribution in [1.29, 1.82) is 0 Å². The van der Waals surface area contributed by atoms with Crippen molar-refractivity contribution in [3.05, 3.63) is 48.1 Å². The third-order valence-electron chi connectivity index (χ3n) is 9.68. The maximum atomic E-state index is 13.3. The smallest absolute Gasteiger partial charge is 0.330 e. The van der Waals surface area contributed by atoms with Gasteiger partial charge in [0, 0.05) is 37.9 Å². The highest BCUT2D eigenvalue weighted by Crippen LogP contribution is 2.33. The van der Waals surface area contributed by atoms with Crippen molar-refractivity contribution in [1.82, 2.24) is 4.90 Å². The first-order valence-corrected chi connectivity index (χ1v) is 17.9. The van der Waals surface area contributed by atoms with E-state index in [0.29, 0.717) is 31.1 Å². The summed E-state index contributed by atoms with van der Waals surface area (Å²) in [5.74, 6) is -0.0750. The Morgan fingerprint density at radius 1 is 0.891 bits per heavy atom. The minimum Gasteiger partial charge on any atom is -0.466 e. The molecule has 0 radical (unpaired) electrons. The molecular weight excluding hydrogens is 582 g/mol. The van der Waals surface area contributed by atoms with E-state index < -0.39 is 6.10 Å². The molecule has 0 aromatic carbocycles. The second-order valence-electron chi connectivity index (χ2n) is 13.8. The molecule has 4 aliphatic heterocycles. The Morgan fingerprint density at radius 3 is 2.41 bits per heavy atom. The van der Waals surface area contributed by atoms with E-state index in [2.05, 4.69) is 32.1 Å².